The first kappa shape index (κ1) is 10.9. The first-order valence-corrected chi connectivity index (χ1v) is 5.64. The average molecular weight is 213 g/mol. The van der Waals surface area contributed by atoms with Crippen LogP contribution in [-0.2, 0) is 4.74 Å². The second-order valence-corrected chi connectivity index (χ2v) is 4.04. The summed E-state index contributed by atoms with van der Waals surface area (Å²) >= 11 is 0. The maximum atomic E-state index is 8.68. The summed E-state index contributed by atoms with van der Waals surface area (Å²) in [7, 11) is 0. The van der Waals surface area contributed by atoms with Crippen LogP contribution in [0.5, 0.6) is 0 Å². The van der Waals surface area contributed by atoms with Gasteiger partial charge in [-0.2, -0.15) is 5.26 Å². The molecule has 0 radical (unpaired) electrons. The average Bonchev–Trinajstić information content (AvgIpc) is 2.38. The Balaban J connectivity index is 1.97. The number of rotatable bonds is 2. The van der Waals surface area contributed by atoms with E-state index in [4.69, 9.17) is 10.00 Å². The van der Waals surface area contributed by atoms with Crippen molar-refractivity contribution >= 4 is 6.08 Å². The molecule has 0 atom stereocenters. The monoisotopic (exact) mass is 213 g/mol. The zero-order valence-electron chi connectivity index (χ0n) is 9.23. The van der Waals surface area contributed by atoms with Gasteiger partial charge in [0.2, 0.25) is 0 Å². The topological polar surface area (TPSA) is 33.0 Å². The van der Waals surface area contributed by atoms with Gasteiger partial charge in [0, 0.05) is 13.2 Å². The molecule has 0 N–H and O–H groups in total. The number of hydrogen-bond donors (Lipinski definition) is 0. The molecule has 1 aromatic rings. The molecule has 2 nitrogen and oxygen atoms in total. The number of hydrogen-bond acceptors (Lipinski definition) is 2. The highest BCUT2D eigenvalue weighted by Crippen LogP contribution is 2.17. The van der Waals surface area contributed by atoms with Crippen molar-refractivity contribution < 1.29 is 4.74 Å². The van der Waals surface area contributed by atoms with E-state index in [2.05, 4.69) is 18.2 Å². The number of nitrogens with zero attached hydrogens (tertiary/aromatic N) is 1. The third-order valence-corrected chi connectivity index (χ3v) is 2.87. The molecule has 2 rings (SSSR count). The quantitative estimate of drug-likeness (QED) is 0.756. The highest BCUT2D eigenvalue weighted by atomic mass is 16.5. The van der Waals surface area contributed by atoms with Gasteiger partial charge in [-0.25, -0.2) is 0 Å². The second kappa shape index (κ2) is 5.48. The first-order valence-electron chi connectivity index (χ1n) is 5.64. The second-order valence-electron chi connectivity index (χ2n) is 4.04. The Morgan fingerprint density at radius 2 is 1.88 bits per heavy atom. The SMILES string of the molecule is N#Cc1ccc(C=CC2CCOCC2)cc1. The van der Waals surface area contributed by atoms with Crippen LogP contribution in [0.3, 0.4) is 0 Å². The minimum Gasteiger partial charge on any atom is -0.381 e. The Labute approximate surface area is 96.2 Å². The van der Waals surface area contributed by atoms with Crippen LogP contribution in [0.1, 0.15) is 24.0 Å². The Morgan fingerprint density at radius 3 is 2.50 bits per heavy atom. The maximum Gasteiger partial charge on any atom is 0.0991 e. The summed E-state index contributed by atoms with van der Waals surface area (Å²) in [5.74, 6) is 0.643. The van der Waals surface area contributed by atoms with Crippen molar-refractivity contribution in [3.8, 4) is 6.07 Å². The molecule has 1 fully saturated rings. The van der Waals surface area contributed by atoms with Crippen molar-refractivity contribution in [1.82, 2.24) is 0 Å². The number of benzene rings is 1. The molecule has 1 aliphatic rings. The summed E-state index contributed by atoms with van der Waals surface area (Å²) in [5.41, 5.74) is 1.87. The number of allylic oxidation sites excluding steroid dienone is 1. The predicted molar refractivity (Wildman–Crippen MR) is 63.7 cm³/mol. The zero-order valence-corrected chi connectivity index (χ0v) is 9.23. The van der Waals surface area contributed by atoms with E-state index in [0.717, 1.165) is 31.6 Å². The molecular weight excluding hydrogens is 198 g/mol. The molecule has 0 aromatic heterocycles. The molecule has 0 spiro atoms. The number of nitriles is 1. The first-order chi connectivity index (χ1) is 7.88. The summed E-state index contributed by atoms with van der Waals surface area (Å²) in [4.78, 5) is 0. The Bertz CT molecular complexity index is 394. The van der Waals surface area contributed by atoms with E-state index >= 15 is 0 Å². The van der Waals surface area contributed by atoms with E-state index in [0.29, 0.717) is 11.5 Å². The Morgan fingerprint density at radius 1 is 1.19 bits per heavy atom. The van der Waals surface area contributed by atoms with E-state index in [1.165, 1.54) is 0 Å². The molecule has 1 heterocycles. The van der Waals surface area contributed by atoms with E-state index in [-0.39, 0.29) is 0 Å². The smallest absolute Gasteiger partial charge is 0.0991 e. The highest BCUT2D eigenvalue weighted by molar-refractivity contribution is 5.51. The van der Waals surface area contributed by atoms with Crippen molar-refractivity contribution in [1.29, 1.82) is 5.26 Å². The van der Waals surface area contributed by atoms with Crippen molar-refractivity contribution in [3.63, 3.8) is 0 Å². The molecule has 0 saturated carbocycles. The van der Waals surface area contributed by atoms with Crippen molar-refractivity contribution in [2.24, 2.45) is 5.92 Å². The van der Waals surface area contributed by atoms with Crippen molar-refractivity contribution in [2.45, 2.75) is 12.8 Å². The van der Waals surface area contributed by atoms with Crippen LogP contribution >= 0.6 is 0 Å². The lowest BCUT2D eigenvalue weighted by atomic mass is 9.99. The summed E-state index contributed by atoms with van der Waals surface area (Å²) in [6.45, 7) is 1.75. The fourth-order valence-corrected chi connectivity index (χ4v) is 1.82. The van der Waals surface area contributed by atoms with Gasteiger partial charge in [-0.1, -0.05) is 24.3 Å². The minimum absolute atomic E-state index is 0.643. The van der Waals surface area contributed by atoms with Gasteiger partial charge in [0.05, 0.1) is 11.6 Å². The Hall–Kier alpha value is -1.59. The predicted octanol–water partition coefficient (Wildman–Crippen LogP) is 3.00. The molecule has 2 heteroatoms. The van der Waals surface area contributed by atoms with Crippen molar-refractivity contribution in [3.05, 3.63) is 41.5 Å². The summed E-state index contributed by atoms with van der Waals surface area (Å²) in [6, 6.07) is 9.78. The lowest BCUT2D eigenvalue weighted by Gasteiger charge is -2.18. The molecule has 1 saturated heterocycles. The molecule has 1 aliphatic heterocycles. The highest BCUT2D eigenvalue weighted by Gasteiger charge is 2.09. The fraction of sp³-hybridized carbons (Fsp3) is 0.357. The van der Waals surface area contributed by atoms with Gasteiger partial charge >= 0.3 is 0 Å². The van der Waals surface area contributed by atoms with Crippen LogP contribution in [0, 0.1) is 17.2 Å². The van der Waals surface area contributed by atoms with E-state index in [9.17, 15) is 0 Å². The van der Waals surface area contributed by atoms with E-state index < -0.39 is 0 Å². The molecule has 82 valence electrons. The lowest BCUT2D eigenvalue weighted by Crippen LogP contribution is -2.13. The largest absolute Gasteiger partial charge is 0.381 e. The van der Waals surface area contributed by atoms with Crippen LogP contribution in [0.25, 0.3) is 6.08 Å². The maximum absolute atomic E-state index is 8.68. The van der Waals surface area contributed by atoms with E-state index in [1.807, 2.05) is 24.3 Å². The fourth-order valence-electron chi connectivity index (χ4n) is 1.82. The van der Waals surface area contributed by atoms with Crippen LogP contribution in [-0.4, -0.2) is 13.2 Å². The molecule has 0 aliphatic carbocycles. The van der Waals surface area contributed by atoms with Crippen molar-refractivity contribution in [2.75, 3.05) is 13.2 Å². The van der Waals surface area contributed by atoms with Gasteiger partial charge in [0.1, 0.15) is 0 Å². The Kier molecular flexibility index (Phi) is 3.74. The third-order valence-electron chi connectivity index (χ3n) is 2.87. The van der Waals surface area contributed by atoms with Gasteiger partial charge in [-0.15, -0.1) is 0 Å². The molecular formula is C14H15NO. The molecule has 16 heavy (non-hydrogen) atoms. The van der Waals surface area contributed by atoms with Crippen LogP contribution in [0.2, 0.25) is 0 Å². The van der Waals surface area contributed by atoms with Gasteiger partial charge in [0.25, 0.3) is 0 Å². The van der Waals surface area contributed by atoms with Gasteiger partial charge in [-0.05, 0) is 36.5 Å². The molecule has 0 amide bonds. The summed E-state index contributed by atoms with van der Waals surface area (Å²) in [5, 5.41) is 8.68. The van der Waals surface area contributed by atoms with Gasteiger partial charge in [-0.3, -0.25) is 0 Å². The van der Waals surface area contributed by atoms with Crippen LogP contribution < -0.4 is 0 Å². The van der Waals surface area contributed by atoms with Gasteiger partial charge in [0.15, 0.2) is 0 Å². The molecule has 0 bridgehead atoms. The molecule has 1 aromatic carbocycles. The number of ether oxygens (including phenoxy) is 1. The van der Waals surface area contributed by atoms with E-state index in [1.54, 1.807) is 0 Å². The summed E-state index contributed by atoms with van der Waals surface area (Å²) < 4.78 is 5.31. The zero-order chi connectivity index (χ0) is 11.2. The summed E-state index contributed by atoms with van der Waals surface area (Å²) in [6.07, 6.45) is 6.63. The molecule has 0 unspecified atom stereocenters. The standard InChI is InChI=1S/C14H15NO/c15-11-14-5-3-12(4-6-14)1-2-13-7-9-16-10-8-13/h1-6,13H,7-10H2. The van der Waals surface area contributed by atoms with Gasteiger partial charge < -0.3 is 4.74 Å². The third kappa shape index (κ3) is 2.95. The lowest BCUT2D eigenvalue weighted by molar-refractivity contribution is 0.0787. The van der Waals surface area contributed by atoms with Crippen LogP contribution in [0.4, 0.5) is 0 Å². The van der Waals surface area contributed by atoms with Crippen LogP contribution in [0.15, 0.2) is 30.3 Å². The minimum atomic E-state index is 0.643. The normalized spacial score (nSPS) is 17.4.